The molecular formula is C22H26ClN3O4. The Kier molecular flexibility index (Phi) is 7.54. The van der Waals surface area contributed by atoms with Crippen molar-refractivity contribution in [1.29, 1.82) is 0 Å². The van der Waals surface area contributed by atoms with Gasteiger partial charge in [0.1, 0.15) is 12.7 Å². The summed E-state index contributed by atoms with van der Waals surface area (Å²) in [6.07, 6.45) is -0.256. The van der Waals surface area contributed by atoms with Gasteiger partial charge in [0.05, 0.1) is 19.6 Å². The molecular weight excluding hydrogens is 406 g/mol. The highest BCUT2D eigenvalue weighted by Crippen LogP contribution is 2.30. The third-order valence-electron chi connectivity index (χ3n) is 4.75. The van der Waals surface area contributed by atoms with Gasteiger partial charge in [-0.15, -0.1) is 0 Å². The highest BCUT2D eigenvalue weighted by Gasteiger charge is 2.21. The van der Waals surface area contributed by atoms with Crippen LogP contribution in [0.5, 0.6) is 11.5 Å². The minimum atomic E-state index is -0.256. The molecule has 0 spiro atoms. The largest absolute Gasteiger partial charge is 0.486 e. The number of nitrogens with one attached hydrogen (secondary N) is 2. The lowest BCUT2D eigenvalue weighted by Crippen LogP contribution is -2.45. The molecule has 2 amide bonds. The number of aryl methyl sites for hydroxylation is 1. The summed E-state index contributed by atoms with van der Waals surface area (Å²) in [6, 6.07) is 12.8. The molecule has 2 N–H and O–H groups in total. The quantitative estimate of drug-likeness (QED) is 0.671. The topological polar surface area (TPSA) is 79.9 Å². The molecule has 0 unspecified atom stereocenters. The monoisotopic (exact) mass is 431 g/mol. The Morgan fingerprint density at radius 1 is 1.13 bits per heavy atom. The number of carbonyl (C=O) groups excluding carboxylic acids is 2. The number of rotatable bonds is 8. The molecule has 30 heavy (non-hydrogen) atoms. The lowest BCUT2D eigenvalue weighted by Gasteiger charge is -2.27. The SMILES string of the molecule is CCN(CC(=O)NC[C@H]1COc2ccccc2O1)CC(=O)Nc1cc(Cl)ccc1C. The number of hydrogen-bond donors (Lipinski definition) is 2. The van der Waals surface area contributed by atoms with Crippen molar-refractivity contribution in [3.05, 3.63) is 53.1 Å². The van der Waals surface area contributed by atoms with Gasteiger partial charge in [-0.1, -0.05) is 36.7 Å². The van der Waals surface area contributed by atoms with Gasteiger partial charge in [-0.25, -0.2) is 0 Å². The molecule has 160 valence electrons. The van der Waals surface area contributed by atoms with Crippen molar-refractivity contribution < 1.29 is 19.1 Å². The molecule has 3 rings (SSSR count). The molecule has 0 saturated carbocycles. The van der Waals surface area contributed by atoms with Crippen LogP contribution in [0.25, 0.3) is 0 Å². The summed E-state index contributed by atoms with van der Waals surface area (Å²) in [5.74, 6) is 1.01. The number of para-hydroxylation sites is 2. The molecule has 1 aliphatic heterocycles. The summed E-state index contributed by atoms with van der Waals surface area (Å²) in [5, 5.41) is 6.26. The lowest BCUT2D eigenvalue weighted by atomic mass is 10.2. The molecule has 2 aromatic carbocycles. The maximum absolute atomic E-state index is 12.4. The molecule has 0 radical (unpaired) electrons. The third-order valence-corrected chi connectivity index (χ3v) is 4.98. The van der Waals surface area contributed by atoms with Gasteiger partial charge in [0, 0.05) is 10.7 Å². The first-order valence-electron chi connectivity index (χ1n) is 9.88. The standard InChI is InChI=1S/C22H26ClN3O4/c1-3-26(13-22(28)25-18-10-16(23)9-8-15(18)2)12-21(27)24-11-17-14-29-19-6-4-5-7-20(19)30-17/h4-10,17H,3,11-14H2,1-2H3,(H,24,27)(H,25,28)/t17-/m0/s1. The normalized spacial score (nSPS) is 15.0. The van der Waals surface area contributed by atoms with Gasteiger partial charge in [-0.05, 0) is 43.3 Å². The second-order valence-electron chi connectivity index (χ2n) is 7.11. The van der Waals surface area contributed by atoms with E-state index >= 15 is 0 Å². The van der Waals surface area contributed by atoms with Crippen molar-refractivity contribution in [3.63, 3.8) is 0 Å². The van der Waals surface area contributed by atoms with Crippen molar-refractivity contribution in [2.45, 2.75) is 20.0 Å². The van der Waals surface area contributed by atoms with Crippen LogP contribution in [0.15, 0.2) is 42.5 Å². The zero-order chi connectivity index (χ0) is 21.5. The number of hydrogen-bond acceptors (Lipinski definition) is 5. The number of fused-ring (bicyclic) bond motifs is 1. The van der Waals surface area contributed by atoms with Crippen LogP contribution < -0.4 is 20.1 Å². The van der Waals surface area contributed by atoms with Crippen LogP contribution in [0.1, 0.15) is 12.5 Å². The van der Waals surface area contributed by atoms with Crippen LogP contribution in [0.4, 0.5) is 5.69 Å². The fourth-order valence-corrected chi connectivity index (χ4v) is 3.22. The number of benzene rings is 2. The lowest BCUT2D eigenvalue weighted by molar-refractivity contribution is -0.123. The van der Waals surface area contributed by atoms with Crippen LogP contribution in [-0.2, 0) is 9.59 Å². The number of ether oxygens (including phenoxy) is 2. The summed E-state index contributed by atoms with van der Waals surface area (Å²) in [5.41, 5.74) is 1.59. The van der Waals surface area contributed by atoms with Crippen molar-refractivity contribution in [2.75, 3.05) is 38.1 Å². The van der Waals surface area contributed by atoms with E-state index in [4.69, 9.17) is 21.1 Å². The fraction of sp³-hybridized carbons (Fsp3) is 0.364. The van der Waals surface area contributed by atoms with Crippen molar-refractivity contribution in [3.8, 4) is 11.5 Å². The van der Waals surface area contributed by atoms with E-state index < -0.39 is 0 Å². The molecule has 0 fully saturated rings. The highest BCUT2D eigenvalue weighted by molar-refractivity contribution is 6.31. The number of anilines is 1. The molecule has 0 bridgehead atoms. The van der Waals surface area contributed by atoms with Crippen molar-refractivity contribution >= 4 is 29.1 Å². The van der Waals surface area contributed by atoms with Gasteiger partial charge in [-0.2, -0.15) is 0 Å². The van der Waals surface area contributed by atoms with E-state index in [1.807, 2.05) is 44.2 Å². The number of carbonyl (C=O) groups is 2. The molecule has 0 saturated heterocycles. The van der Waals surface area contributed by atoms with Crippen LogP contribution in [0, 0.1) is 6.92 Å². The molecule has 0 aromatic heterocycles. The zero-order valence-corrected chi connectivity index (χ0v) is 17.9. The van der Waals surface area contributed by atoms with E-state index in [1.165, 1.54) is 0 Å². The van der Waals surface area contributed by atoms with Crippen LogP contribution in [0.3, 0.4) is 0 Å². The van der Waals surface area contributed by atoms with E-state index in [0.717, 1.165) is 5.56 Å². The first kappa shape index (κ1) is 21.9. The molecule has 0 aliphatic carbocycles. The van der Waals surface area contributed by atoms with Gasteiger partial charge in [-0.3, -0.25) is 14.5 Å². The van der Waals surface area contributed by atoms with E-state index in [1.54, 1.807) is 17.0 Å². The average molecular weight is 432 g/mol. The van der Waals surface area contributed by atoms with Crippen LogP contribution in [0.2, 0.25) is 5.02 Å². The molecule has 2 aromatic rings. The molecule has 8 heteroatoms. The van der Waals surface area contributed by atoms with Gasteiger partial charge >= 0.3 is 0 Å². The number of halogens is 1. The maximum atomic E-state index is 12.4. The van der Waals surface area contributed by atoms with Crippen molar-refractivity contribution in [2.24, 2.45) is 0 Å². The van der Waals surface area contributed by atoms with E-state index in [-0.39, 0.29) is 31.0 Å². The summed E-state index contributed by atoms with van der Waals surface area (Å²) in [4.78, 5) is 26.5. The Bertz CT molecular complexity index is 906. The third kappa shape index (κ3) is 6.11. The Balaban J connectivity index is 1.44. The van der Waals surface area contributed by atoms with Crippen molar-refractivity contribution in [1.82, 2.24) is 10.2 Å². The van der Waals surface area contributed by atoms with Gasteiger partial charge < -0.3 is 20.1 Å². The number of amides is 2. The smallest absolute Gasteiger partial charge is 0.238 e. The van der Waals surface area contributed by atoms with E-state index in [9.17, 15) is 9.59 Å². The second-order valence-corrected chi connectivity index (χ2v) is 7.55. The van der Waals surface area contributed by atoms with E-state index in [0.29, 0.717) is 41.9 Å². The summed E-state index contributed by atoms with van der Waals surface area (Å²) < 4.78 is 11.5. The van der Waals surface area contributed by atoms with Gasteiger partial charge in [0.15, 0.2) is 11.5 Å². The summed E-state index contributed by atoms with van der Waals surface area (Å²) in [6.45, 7) is 5.28. The minimum Gasteiger partial charge on any atom is -0.486 e. The van der Waals surface area contributed by atoms with Gasteiger partial charge in [0.25, 0.3) is 0 Å². The Hall–Kier alpha value is -2.77. The highest BCUT2D eigenvalue weighted by atomic mass is 35.5. The molecule has 7 nitrogen and oxygen atoms in total. The average Bonchev–Trinajstić information content (AvgIpc) is 2.74. The maximum Gasteiger partial charge on any atom is 0.238 e. The first-order chi connectivity index (χ1) is 14.4. The summed E-state index contributed by atoms with van der Waals surface area (Å²) in [7, 11) is 0. The van der Waals surface area contributed by atoms with Crippen LogP contribution in [-0.4, -0.2) is 55.6 Å². The van der Waals surface area contributed by atoms with Gasteiger partial charge in [0.2, 0.25) is 11.8 Å². The number of nitrogens with zero attached hydrogens (tertiary/aromatic N) is 1. The zero-order valence-electron chi connectivity index (χ0n) is 17.1. The molecule has 1 aliphatic rings. The first-order valence-corrected chi connectivity index (χ1v) is 10.3. The Morgan fingerprint density at radius 2 is 1.87 bits per heavy atom. The van der Waals surface area contributed by atoms with E-state index in [2.05, 4.69) is 10.6 Å². The second kappa shape index (κ2) is 10.3. The Morgan fingerprint density at radius 3 is 2.63 bits per heavy atom. The Labute approximate surface area is 181 Å². The molecule has 1 atom stereocenters. The summed E-state index contributed by atoms with van der Waals surface area (Å²) >= 11 is 6.00. The van der Waals surface area contributed by atoms with Crippen LogP contribution >= 0.6 is 11.6 Å². The molecule has 1 heterocycles. The predicted octanol–water partition coefficient (Wildman–Crippen LogP) is 2.87. The fourth-order valence-electron chi connectivity index (χ4n) is 3.05. The number of likely N-dealkylation sites (N-methyl/N-ethyl adjacent to an activating group) is 1. The minimum absolute atomic E-state index is 0.103. The predicted molar refractivity (Wildman–Crippen MR) is 116 cm³/mol.